The number of halogens is 1. The summed E-state index contributed by atoms with van der Waals surface area (Å²) in [6, 6.07) is 15.4. The number of aromatic nitrogens is 5. The first-order valence-electron chi connectivity index (χ1n) is 8.81. The van der Waals surface area contributed by atoms with Crippen molar-refractivity contribution < 1.29 is 0 Å². The molecule has 0 radical (unpaired) electrons. The summed E-state index contributed by atoms with van der Waals surface area (Å²) in [5, 5.41) is 11.9. The second-order valence-electron chi connectivity index (χ2n) is 6.53. The van der Waals surface area contributed by atoms with Crippen molar-refractivity contribution in [1.29, 1.82) is 0 Å². The van der Waals surface area contributed by atoms with Gasteiger partial charge in [-0.05, 0) is 41.5 Å². The molecule has 0 N–H and O–H groups in total. The predicted octanol–water partition coefficient (Wildman–Crippen LogP) is 5.07. The summed E-state index contributed by atoms with van der Waals surface area (Å²) in [5.41, 5.74) is 7.66. The fourth-order valence-electron chi connectivity index (χ4n) is 3.20. The van der Waals surface area contributed by atoms with Gasteiger partial charge in [0.15, 0.2) is 5.65 Å². The van der Waals surface area contributed by atoms with Gasteiger partial charge in [0.2, 0.25) is 0 Å². The Hall–Kier alpha value is -3.23. The summed E-state index contributed by atoms with van der Waals surface area (Å²) in [6.45, 7) is 0.609. The molecule has 29 heavy (non-hydrogen) atoms. The Morgan fingerprint density at radius 2 is 1.97 bits per heavy atom. The van der Waals surface area contributed by atoms with Gasteiger partial charge < -0.3 is 0 Å². The standard InChI is InChI=1S/C20H13ClN6OS/c21-15-8-13(2-3-14(15)9-23-28)16-5-6-18-20(24-16)27(26-25-18)10-12-1-4-17-19(7-12)29-11-22-17/h1-8,11H,9-10H2. The van der Waals surface area contributed by atoms with E-state index in [1.165, 1.54) is 0 Å². The van der Waals surface area contributed by atoms with Crippen molar-refractivity contribution in [2.24, 2.45) is 5.18 Å². The largest absolute Gasteiger partial charge is 0.245 e. The first-order valence-corrected chi connectivity index (χ1v) is 10.1. The van der Waals surface area contributed by atoms with Crippen LogP contribution in [0.15, 0.2) is 59.2 Å². The van der Waals surface area contributed by atoms with Gasteiger partial charge in [0, 0.05) is 10.6 Å². The number of fused-ring (bicyclic) bond motifs is 2. The zero-order valence-corrected chi connectivity index (χ0v) is 16.6. The van der Waals surface area contributed by atoms with Crippen LogP contribution in [0.2, 0.25) is 5.02 Å². The van der Waals surface area contributed by atoms with Crippen LogP contribution in [0.25, 0.3) is 32.6 Å². The van der Waals surface area contributed by atoms with Crippen molar-refractivity contribution >= 4 is 44.3 Å². The van der Waals surface area contributed by atoms with E-state index in [2.05, 4.69) is 26.5 Å². The molecule has 5 aromatic rings. The molecule has 0 bridgehead atoms. The molecule has 0 fully saturated rings. The quantitative estimate of drug-likeness (QED) is 0.370. The third-order valence-corrected chi connectivity index (χ3v) is 5.81. The second kappa shape index (κ2) is 7.31. The van der Waals surface area contributed by atoms with Crippen molar-refractivity contribution in [2.45, 2.75) is 13.1 Å². The molecule has 142 valence electrons. The Balaban J connectivity index is 1.51. The maximum atomic E-state index is 10.5. The van der Waals surface area contributed by atoms with Crippen LogP contribution in [0, 0.1) is 4.91 Å². The highest BCUT2D eigenvalue weighted by Gasteiger charge is 2.11. The molecular formula is C20H13ClN6OS. The van der Waals surface area contributed by atoms with Gasteiger partial charge in [-0.25, -0.2) is 14.6 Å². The zero-order chi connectivity index (χ0) is 19.8. The van der Waals surface area contributed by atoms with Crippen molar-refractivity contribution in [3.63, 3.8) is 0 Å². The molecule has 0 spiro atoms. The Morgan fingerprint density at radius 3 is 2.83 bits per heavy atom. The average Bonchev–Trinajstić information content (AvgIpc) is 3.36. The smallest absolute Gasteiger partial charge is 0.179 e. The molecule has 0 saturated heterocycles. The van der Waals surface area contributed by atoms with Gasteiger partial charge in [-0.1, -0.05) is 40.2 Å². The van der Waals surface area contributed by atoms with E-state index >= 15 is 0 Å². The topological polar surface area (TPSA) is 85.9 Å². The monoisotopic (exact) mass is 420 g/mol. The predicted molar refractivity (Wildman–Crippen MR) is 114 cm³/mol. The highest BCUT2D eigenvalue weighted by Crippen LogP contribution is 2.26. The summed E-state index contributed by atoms with van der Waals surface area (Å²) in [6.07, 6.45) is 0. The summed E-state index contributed by atoms with van der Waals surface area (Å²) < 4.78 is 2.92. The van der Waals surface area contributed by atoms with Crippen molar-refractivity contribution in [2.75, 3.05) is 0 Å². The lowest BCUT2D eigenvalue weighted by Gasteiger charge is -2.06. The summed E-state index contributed by atoms with van der Waals surface area (Å²) in [5.74, 6) is 0. The number of nitroso groups, excluding NO2 is 1. The van der Waals surface area contributed by atoms with Gasteiger partial charge in [-0.15, -0.1) is 16.4 Å². The van der Waals surface area contributed by atoms with Gasteiger partial charge >= 0.3 is 0 Å². The molecule has 0 unspecified atom stereocenters. The Kier molecular flexibility index (Phi) is 4.49. The Bertz CT molecular complexity index is 1360. The number of pyridine rings is 1. The summed E-state index contributed by atoms with van der Waals surface area (Å²) in [7, 11) is 0. The van der Waals surface area contributed by atoms with E-state index in [1.807, 2.05) is 35.8 Å². The van der Waals surface area contributed by atoms with Gasteiger partial charge in [-0.3, -0.25) is 0 Å². The van der Waals surface area contributed by atoms with Gasteiger partial charge in [0.05, 0.1) is 28.0 Å². The fraction of sp³-hybridized carbons (Fsp3) is 0.100. The van der Waals surface area contributed by atoms with Crippen LogP contribution in [0.5, 0.6) is 0 Å². The number of rotatable bonds is 5. The third-order valence-electron chi connectivity index (χ3n) is 4.67. The molecule has 0 aliphatic carbocycles. The van der Waals surface area contributed by atoms with E-state index in [0.717, 1.165) is 32.6 Å². The van der Waals surface area contributed by atoms with Crippen molar-refractivity contribution in [3.05, 3.63) is 75.1 Å². The van der Waals surface area contributed by atoms with Gasteiger partial charge in [-0.2, -0.15) is 4.91 Å². The van der Waals surface area contributed by atoms with Crippen LogP contribution in [-0.2, 0) is 13.1 Å². The lowest BCUT2D eigenvalue weighted by Crippen LogP contribution is -2.03. The van der Waals surface area contributed by atoms with E-state index in [4.69, 9.17) is 16.6 Å². The first-order chi connectivity index (χ1) is 14.2. The molecule has 7 nitrogen and oxygen atoms in total. The number of hydrogen-bond donors (Lipinski definition) is 0. The molecule has 9 heteroatoms. The van der Waals surface area contributed by atoms with Crippen LogP contribution in [0.3, 0.4) is 0 Å². The molecule has 3 aromatic heterocycles. The van der Waals surface area contributed by atoms with E-state index in [0.29, 0.717) is 22.8 Å². The Labute approximate surface area is 174 Å². The highest BCUT2D eigenvalue weighted by atomic mass is 35.5. The Morgan fingerprint density at radius 1 is 1.07 bits per heavy atom. The minimum Gasteiger partial charge on any atom is -0.245 e. The molecule has 0 aliphatic rings. The third kappa shape index (κ3) is 3.37. The van der Waals surface area contributed by atoms with Crippen LogP contribution >= 0.6 is 22.9 Å². The summed E-state index contributed by atoms with van der Waals surface area (Å²) >= 11 is 7.88. The fourth-order valence-corrected chi connectivity index (χ4v) is 4.18. The number of benzene rings is 2. The molecule has 2 aromatic carbocycles. The van der Waals surface area contributed by atoms with E-state index in [-0.39, 0.29) is 6.54 Å². The number of hydrogen-bond acceptors (Lipinski definition) is 7. The molecule has 0 saturated carbocycles. The lowest BCUT2D eigenvalue weighted by atomic mass is 10.1. The molecule has 3 heterocycles. The number of thiazole rings is 1. The highest BCUT2D eigenvalue weighted by molar-refractivity contribution is 7.16. The second-order valence-corrected chi connectivity index (χ2v) is 7.83. The van der Waals surface area contributed by atoms with E-state index in [1.54, 1.807) is 28.2 Å². The van der Waals surface area contributed by atoms with Crippen molar-refractivity contribution in [1.82, 2.24) is 25.0 Å². The SMILES string of the molecule is O=NCc1ccc(-c2ccc3nnn(Cc4ccc5ncsc5c4)c3n2)cc1Cl. The maximum absolute atomic E-state index is 10.5. The summed E-state index contributed by atoms with van der Waals surface area (Å²) in [4.78, 5) is 19.6. The van der Waals surface area contributed by atoms with Crippen LogP contribution in [0.4, 0.5) is 0 Å². The van der Waals surface area contributed by atoms with Gasteiger partial charge in [0.1, 0.15) is 12.1 Å². The normalized spacial score (nSPS) is 11.3. The molecule has 0 amide bonds. The van der Waals surface area contributed by atoms with E-state index < -0.39 is 0 Å². The lowest BCUT2D eigenvalue weighted by molar-refractivity contribution is 0.665. The molecular weight excluding hydrogens is 408 g/mol. The minimum atomic E-state index is 0.0480. The van der Waals surface area contributed by atoms with Crippen molar-refractivity contribution in [3.8, 4) is 11.3 Å². The average molecular weight is 421 g/mol. The number of nitrogens with zero attached hydrogens (tertiary/aromatic N) is 6. The van der Waals surface area contributed by atoms with E-state index in [9.17, 15) is 4.91 Å². The zero-order valence-electron chi connectivity index (χ0n) is 15.0. The van der Waals surface area contributed by atoms with Crippen LogP contribution in [-0.4, -0.2) is 25.0 Å². The minimum absolute atomic E-state index is 0.0480. The molecule has 0 aliphatic heterocycles. The van der Waals surface area contributed by atoms with Crippen LogP contribution < -0.4 is 0 Å². The van der Waals surface area contributed by atoms with Crippen LogP contribution in [0.1, 0.15) is 11.1 Å². The molecule has 0 atom stereocenters. The van der Waals surface area contributed by atoms with Gasteiger partial charge in [0.25, 0.3) is 0 Å². The molecule has 5 rings (SSSR count). The maximum Gasteiger partial charge on any atom is 0.179 e. The first kappa shape index (κ1) is 17.8.